The number of carbonyl (C=O) groups is 2. The van der Waals surface area contributed by atoms with Gasteiger partial charge in [0.2, 0.25) is 5.88 Å². The van der Waals surface area contributed by atoms with E-state index in [1.165, 1.54) is 22.8 Å². The maximum absolute atomic E-state index is 12.2. The average molecular weight is 379 g/mol. The molecule has 128 valence electrons. The number of benzene rings is 1. The molecule has 25 heavy (non-hydrogen) atoms. The lowest BCUT2D eigenvalue weighted by Crippen LogP contribution is -2.23. The Morgan fingerprint density at radius 2 is 2.16 bits per heavy atom. The highest BCUT2D eigenvalue weighted by molar-refractivity contribution is 7.73. The van der Waals surface area contributed by atoms with Crippen LogP contribution in [0.25, 0.3) is 5.57 Å². The Kier molecular flexibility index (Phi) is 4.18. The highest BCUT2D eigenvalue weighted by Gasteiger charge is 2.26. The zero-order valence-corrected chi connectivity index (χ0v) is 14.0. The molecule has 0 spiro atoms. The number of carboxylic acid groups (broad SMARTS) is 1. The summed E-state index contributed by atoms with van der Waals surface area (Å²) in [6.45, 7) is -0.0586. The van der Waals surface area contributed by atoms with E-state index in [9.17, 15) is 24.8 Å². The fourth-order valence-electron chi connectivity index (χ4n) is 2.40. The summed E-state index contributed by atoms with van der Waals surface area (Å²) in [5.74, 6) is -2.06. The molecule has 3 rings (SSSR count). The van der Waals surface area contributed by atoms with Crippen molar-refractivity contribution in [2.24, 2.45) is 4.99 Å². The second-order valence-electron chi connectivity index (χ2n) is 5.07. The number of thiazole rings is 1. The van der Waals surface area contributed by atoms with Gasteiger partial charge in [-0.05, 0) is 18.3 Å². The number of amides is 1. The molecule has 0 saturated heterocycles. The minimum atomic E-state index is -1.06. The van der Waals surface area contributed by atoms with Crippen LogP contribution in [0.4, 0.5) is 5.69 Å². The van der Waals surface area contributed by atoms with Crippen LogP contribution in [0, 0.1) is 14.1 Å². The average Bonchev–Trinajstić information content (AvgIpc) is 3.00. The monoisotopic (exact) mass is 379 g/mol. The molecule has 2 aromatic rings. The SMILES string of the molecule is O=C(O)CCn1c(O)c(C2=c3cc([N+](=O)[O-])ccc3=NC2=O)sc1=S. The van der Waals surface area contributed by atoms with Crippen LogP contribution in [-0.4, -0.2) is 31.6 Å². The lowest BCUT2D eigenvalue weighted by Gasteiger charge is -2.03. The van der Waals surface area contributed by atoms with Gasteiger partial charge in [-0.3, -0.25) is 24.3 Å². The van der Waals surface area contributed by atoms with E-state index in [0.717, 1.165) is 11.3 Å². The third kappa shape index (κ3) is 2.94. The molecule has 1 aromatic carbocycles. The number of carboxylic acids is 1. The predicted octanol–water partition coefficient (Wildman–Crippen LogP) is 0.726. The van der Waals surface area contributed by atoms with E-state index in [0.29, 0.717) is 0 Å². The number of aliphatic carboxylic acids is 1. The smallest absolute Gasteiger partial charge is 0.305 e. The van der Waals surface area contributed by atoms with Crippen LogP contribution in [0.15, 0.2) is 23.2 Å². The number of non-ortho nitro benzene ring substituents is 1. The summed E-state index contributed by atoms with van der Waals surface area (Å²) in [5.41, 5.74) is -0.198. The summed E-state index contributed by atoms with van der Waals surface area (Å²) >= 11 is 6.04. The molecule has 2 heterocycles. The molecule has 1 aliphatic heterocycles. The van der Waals surface area contributed by atoms with Crippen LogP contribution in [0.2, 0.25) is 0 Å². The number of nitrogens with zero attached hydrogens (tertiary/aromatic N) is 3. The van der Waals surface area contributed by atoms with Gasteiger partial charge in [0.1, 0.15) is 4.88 Å². The fourth-order valence-corrected chi connectivity index (χ4v) is 3.79. The maximum atomic E-state index is 12.2. The number of hydrogen-bond acceptors (Lipinski definition) is 7. The highest BCUT2D eigenvalue weighted by atomic mass is 32.1. The maximum Gasteiger partial charge on any atom is 0.305 e. The zero-order chi connectivity index (χ0) is 18.3. The molecule has 2 N–H and O–H groups in total. The molecule has 1 amide bonds. The van der Waals surface area contributed by atoms with Crippen LogP contribution < -0.4 is 10.6 Å². The summed E-state index contributed by atoms with van der Waals surface area (Å²) < 4.78 is 1.40. The van der Waals surface area contributed by atoms with Crippen LogP contribution in [0.5, 0.6) is 5.88 Å². The van der Waals surface area contributed by atoms with E-state index in [1.54, 1.807) is 0 Å². The summed E-state index contributed by atoms with van der Waals surface area (Å²) in [6, 6.07) is 3.80. The lowest BCUT2D eigenvalue weighted by atomic mass is 10.1. The van der Waals surface area contributed by atoms with Gasteiger partial charge in [0.05, 0.1) is 22.3 Å². The van der Waals surface area contributed by atoms with Gasteiger partial charge in [-0.15, -0.1) is 11.3 Å². The first-order chi connectivity index (χ1) is 11.8. The minimum absolute atomic E-state index is 0.0152. The molecule has 1 aliphatic rings. The van der Waals surface area contributed by atoms with E-state index in [2.05, 4.69) is 4.99 Å². The molecule has 0 atom stereocenters. The van der Waals surface area contributed by atoms with Gasteiger partial charge in [0, 0.05) is 23.9 Å². The third-order valence-corrected chi connectivity index (χ3v) is 5.00. The Balaban J connectivity index is 2.22. The van der Waals surface area contributed by atoms with E-state index in [-0.39, 0.29) is 49.5 Å². The van der Waals surface area contributed by atoms with Crippen molar-refractivity contribution in [2.45, 2.75) is 13.0 Å². The largest absolute Gasteiger partial charge is 0.493 e. The van der Waals surface area contributed by atoms with Crippen molar-refractivity contribution >= 4 is 46.7 Å². The second-order valence-corrected chi connectivity index (χ2v) is 6.71. The van der Waals surface area contributed by atoms with Gasteiger partial charge >= 0.3 is 5.97 Å². The molecule has 0 radical (unpaired) electrons. The van der Waals surface area contributed by atoms with Gasteiger partial charge in [0.15, 0.2) is 3.95 Å². The molecular weight excluding hydrogens is 370 g/mol. The molecule has 0 unspecified atom stereocenters. The van der Waals surface area contributed by atoms with Crippen molar-refractivity contribution < 1.29 is 24.7 Å². The number of aromatic nitrogens is 1. The van der Waals surface area contributed by atoms with Crippen LogP contribution in [-0.2, 0) is 16.1 Å². The number of hydrogen-bond donors (Lipinski definition) is 2. The molecule has 0 fully saturated rings. The molecular formula is C14H9N3O6S2. The fraction of sp³-hybridized carbons (Fsp3) is 0.143. The quantitative estimate of drug-likeness (QED) is 0.444. The summed E-state index contributed by atoms with van der Waals surface area (Å²) in [6.07, 6.45) is -0.256. The predicted molar refractivity (Wildman–Crippen MR) is 88.5 cm³/mol. The Morgan fingerprint density at radius 3 is 2.80 bits per heavy atom. The first-order valence-electron chi connectivity index (χ1n) is 6.86. The van der Waals surface area contributed by atoms with Crippen molar-refractivity contribution in [3.05, 3.63) is 47.7 Å². The molecule has 0 aliphatic carbocycles. The topological polar surface area (TPSA) is 135 Å². The summed E-state index contributed by atoms with van der Waals surface area (Å²) in [5, 5.41) is 30.6. The zero-order valence-electron chi connectivity index (χ0n) is 12.3. The van der Waals surface area contributed by atoms with Gasteiger partial charge in [-0.25, -0.2) is 4.99 Å². The van der Waals surface area contributed by atoms with Crippen LogP contribution in [0.1, 0.15) is 11.3 Å². The summed E-state index contributed by atoms with van der Waals surface area (Å²) in [4.78, 5) is 37.2. The van der Waals surface area contributed by atoms with Gasteiger partial charge in [0.25, 0.3) is 11.6 Å². The molecule has 0 saturated carbocycles. The van der Waals surface area contributed by atoms with E-state index in [1.807, 2.05) is 0 Å². The van der Waals surface area contributed by atoms with E-state index < -0.39 is 16.8 Å². The standard InChI is InChI=1S/C14H9N3O6S2/c18-9(19)3-4-16-13(21)11(25-14(16)24)10-7-5-6(17(22)23)1-2-8(7)15-12(10)20/h1-2,5,21H,3-4H2,(H,18,19). The van der Waals surface area contributed by atoms with Crippen LogP contribution in [0.3, 0.4) is 0 Å². The normalized spacial score (nSPS) is 12.8. The number of nitro benzene ring substituents is 1. The Hall–Kier alpha value is -2.92. The van der Waals surface area contributed by atoms with E-state index >= 15 is 0 Å². The number of rotatable bonds is 5. The van der Waals surface area contributed by atoms with Crippen molar-refractivity contribution in [1.29, 1.82) is 0 Å². The number of fused-ring (bicyclic) bond motifs is 1. The first-order valence-corrected chi connectivity index (χ1v) is 8.08. The lowest BCUT2D eigenvalue weighted by molar-refractivity contribution is -0.385. The van der Waals surface area contributed by atoms with Crippen molar-refractivity contribution in [2.75, 3.05) is 0 Å². The molecule has 9 nitrogen and oxygen atoms in total. The van der Waals surface area contributed by atoms with Crippen molar-refractivity contribution in [1.82, 2.24) is 4.57 Å². The molecule has 1 aromatic heterocycles. The number of carbonyl (C=O) groups excluding carboxylic acids is 1. The number of aromatic hydroxyl groups is 1. The number of nitro groups is 1. The molecule has 11 heteroatoms. The highest BCUT2D eigenvalue weighted by Crippen LogP contribution is 2.32. The van der Waals surface area contributed by atoms with Gasteiger partial charge in [-0.1, -0.05) is 0 Å². The Labute approximate surface area is 148 Å². The van der Waals surface area contributed by atoms with Crippen molar-refractivity contribution in [3.8, 4) is 5.88 Å². The third-order valence-electron chi connectivity index (χ3n) is 3.54. The van der Waals surface area contributed by atoms with Crippen LogP contribution >= 0.6 is 23.6 Å². The Bertz CT molecular complexity index is 1110. The Morgan fingerprint density at radius 1 is 1.44 bits per heavy atom. The second kappa shape index (κ2) is 6.18. The minimum Gasteiger partial charge on any atom is -0.493 e. The van der Waals surface area contributed by atoms with Crippen molar-refractivity contribution in [3.63, 3.8) is 0 Å². The van der Waals surface area contributed by atoms with Gasteiger partial charge < -0.3 is 10.2 Å². The first kappa shape index (κ1) is 16.9. The van der Waals surface area contributed by atoms with Gasteiger partial charge in [-0.2, -0.15) is 0 Å². The van der Waals surface area contributed by atoms with E-state index in [4.69, 9.17) is 17.3 Å². The summed E-state index contributed by atoms with van der Waals surface area (Å²) in [7, 11) is 0. The molecule has 0 bridgehead atoms.